The summed E-state index contributed by atoms with van der Waals surface area (Å²) in [5, 5.41) is 9.89. The van der Waals surface area contributed by atoms with Gasteiger partial charge in [-0.1, -0.05) is 0 Å². The van der Waals surface area contributed by atoms with Gasteiger partial charge in [0, 0.05) is 0 Å². The summed E-state index contributed by atoms with van der Waals surface area (Å²) in [4.78, 5) is 0. The minimum Gasteiger partial charge on any atom is -0.391 e. The fourth-order valence-corrected chi connectivity index (χ4v) is 3.03. The Morgan fingerprint density at radius 1 is 0.842 bits per heavy atom. The Balaban J connectivity index is 1.89. The molecule has 6 nitrogen and oxygen atoms in total. The molecule has 0 aromatic rings. The summed E-state index contributed by atoms with van der Waals surface area (Å²) < 4.78 is 29.2. The van der Waals surface area contributed by atoms with Gasteiger partial charge in [0.2, 0.25) is 0 Å². The Morgan fingerprint density at radius 2 is 1.37 bits per heavy atom. The number of aliphatic hydroxyl groups is 1. The van der Waals surface area contributed by atoms with Crippen molar-refractivity contribution in [2.45, 2.75) is 83.0 Å². The lowest BCUT2D eigenvalue weighted by Gasteiger charge is -2.38. The summed E-state index contributed by atoms with van der Waals surface area (Å²) >= 11 is 0. The van der Waals surface area contributed by atoms with Crippen LogP contribution < -0.4 is 0 Å². The van der Waals surface area contributed by atoms with Gasteiger partial charge in [0.15, 0.2) is 17.9 Å². The molecular weight excluding hydrogens is 252 g/mol. The molecule has 1 N–H and O–H groups in total. The predicted octanol–water partition coefficient (Wildman–Crippen LogP) is 0.764. The van der Waals surface area contributed by atoms with E-state index in [0.717, 1.165) is 0 Å². The standard InChI is InChI=1S/C13H22O6/c1-6(14)7-8-9(17-12(2,3)16-8)10-11(15-7)19-13(4,5)18-10/h6-11,14H,1-5H3/t6?,7-,8+,9?,10-,11?/m0/s1. The van der Waals surface area contributed by atoms with E-state index >= 15 is 0 Å². The van der Waals surface area contributed by atoms with Gasteiger partial charge < -0.3 is 28.8 Å². The molecule has 3 aliphatic heterocycles. The maximum absolute atomic E-state index is 9.89. The molecule has 3 saturated heterocycles. The minimum absolute atomic E-state index is 0.296. The second kappa shape index (κ2) is 4.13. The maximum Gasteiger partial charge on any atom is 0.190 e. The van der Waals surface area contributed by atoms with Crippen molar-refractivity contribution in [2.75, 3.05) is 0 Å². The van der Waals surface area contributed by atoms with E-state index in [2.05, 4.69) is 0 Å². The van der Waals surface area contributed by atoms with Crippen LogP contribution in [0.25, 0.3) is 0 Å². The van der Waals surface area contributed by atoms with Crippen molar-refractivity contribution in [3.05, 3.63) is 0 Å². The van der Waals surface area contributed by atoms with Gasteiger partial charge in [-0.15, -0.1) is 0 Å². The van der Waals surface area contributed by atoms with E-state index < -0.39 is 30.1 Å². The van der Waals surface area contributed by atoms with Gasteiger partial charge in [-0.2, -0.15) is 0 Å². The van der Waals surface area contributed by atoms with Crippen molar-refractivity contribution in [2.24, 2.45) is 0 Å². The Hall–Kier alpha value is -0.240. The largest absolute Gasteiger partial charge is 0.391 e. The van der Waals surface area contributed by atoms with E-state index in [4.69, 9.17) is 23.7 Å². The van der Waals surface area contributed by atoms with Crippen molar-refractivity contribution in [3.63, 3.8) is 0 Å². The van der Waals surface area contributed by atoms with Crippen LogP contribution in [0.4, 0.5) is 0 Å². The highest BCUT2D eigenvalue weighted by Gasteiger charge is 2.61. The van der Waals surface area contributed by atoms with Gasteiger partial charge in [0.05, 0.1) is 6.10 Å². The van der Waals surface area contributed by atoms with Crippen molar-refractivity contribution in [1.29, 1.82) is 0 Å². The van der Waals surface area contributed by atoms with Gasteiger partial charge in [-0.3, -0.25) is 0 Å². The molecule has 6 heteroatoms. The number of rotatable bonds is 1. The molecule has 6 atom stereocenters. The summed E-state index contributed by atoms with van der Waals surface area (Å²) in [5.74, 6) is -1.43. The normalized spacial score (nSPS) is 48.6. The fraction of sp³-hybridized carbons (Fsp3) is 1.00. The number of hydrogen-bond acceptors (Lipinski definition) is 6. The van der Waals surface area contributed by atoms with Crippen molar-refractivity contribution >= 4 is 0 Å². The summed E-state index contributed by atoms with van der Waals surface area (Å²) in [6.07, 6.45) is -2.67. The molecule has 3 aliphatic rings. The van der Waals surface area contributed by atoms with Crippen molar-refractivity contribution in [1.82, 2.24) is 0 Å². The average molecular weight is 274 g/mol. The second-order valence-corrected chi connectivity index (χ2v) is 6.37. The lowest BCUT2D eigenvalue weighted by atomic mass is 9.96. The van der Waals surface area contributed by atoms with Crippen LogP contribution in [0.2, 0.25) is 0 Å². The van der Waals surface area contributed by atoms with Gasteiger partial charge in [-0.25, -0.2) is 0 Å². The van der Waals surface area contributed by atoms with E-state index in [0.29, 0.717) is 0 Å². The minimum atomic E-state index is -0.719. The fourth-order valence-electron chi connectivity index (χ4n) is 3.03. The first-order valence-corrected chi connectivity index (χ1v) is 6.73. The predicted molar refractivity (Wildman–Crippen MR) is 64.2 cm³/mol. The van der Waals surface area contributed by atoms with Gasteiger partial charge >= 0.3 is 0 Å². The summed E-state index contributed by atoms with van der Waals surface area (Å²) in [7, 11) is 0. The van der Waals surface area contributed by atoms with Gasteiger partial charge in [0.25, 0.3) is 0 Å². The van der Waals surface area contributed by atoms with Gasteiger partial charge in [0.1, 0.15) is 24.4 Å². The zero-order valence-corrected chi connectivity index (χ0v) is 12.0. The third-order valence-corrected chi connectivity index (χ3v) is 3.67. The monoisotopic (exact) mass is 274 g/mol. The van der Waals surface area contributed by atoms with Crippen LogP contribution in [0.1, 0.15) is 34.6 Å². The first-order valence-electron chi connectivity index (χ1n) is 6.73. The molecule has 3 unspecified atom stereocenters. The van der Waals surface area contributed by atoms with Crippen molar-refractivity contribution < 1.29 is 28.8 Å². The summed E-state index contributed by atoms with van der Waals surface area (Å²) in [6.45, 7) is 9.04. The van der Waals surface area contributed by atoms with E-state index in [9.17, 15) is 5.11 Å². The average Bonchev–Trinajstić information content (AvgIpc) is 2.70. The van der Waals surface area contributed by atoms with Crippen LogP contribution in [0.3, 0.4) is 0 Å². The number of ether oxygens (including phenoxy) is 5. The molecule has 3 rings (SSSR count). The highest BCUT2D eigenvalue weighted by Crippen LogP contribution is 2.44. The molecule has 0 saturated carbocycles. The number of aliphatic hydroxyl groups excluding tert-OH is 1. The van der Waals surface area contributed by atoms with Crippen LogP contribution in [0.15, 0.2) is 0 Å². The third kappa shape index (κ3) is 2.30. The smallest absolute Gasteiger partial charge is 0.190 e. The Labute approximate surface area is 112 Å². The van der Waals surface area contributed by atoms with E-state index in [1.54, 1.807) is 6.92 Å². The number of hydrogen-bond donors (Lipinski definition) is 1. The summed E-state index contributed by atoms with van der Waals surface area (Å²) in [5.41, 5.74) is 0. The maximum atomic E-state index is 9.89. The molecule has 3 heterocycles. The van der Waals surface area contributed by atoms with Crippen LogP contribution in [0, 0.1) is 0 Å². The number of fused-ring (bicyclic) bond motifs is 3. The highest BCUT2D eigenvalue weighted by molar-refractivity contribution is 5.01. The molecule has 0 aromatic heterocycles. The molecule has 110 valence electrons. The van der Waals surface area contributed by atoms with E-state index in [1.165, 1.54) is 0 Å². The molecule has 19 heavy (non-hydrogen) atoms. The lowest BCUT2D eigenvalue weighted by molar-refractivity contribution is -0.250. The summed E-state index contributed by atoms with van der Waals surface area (Å²) in [6, 6.07) is 0. The lowest BCUT2D eigenvalue weighted by Crippen LogP contribution is -2.57. The molecule has 0 amide bonds. The van der Waals surface area contributed by atoms with Crippen LogP contribution in [0.5, 0.6) is 0 Å². The van der Waals surface area contributed by atoms with Gasteiger partial charge in [-0.05, 0) is 34.6 Å². The van der Waals surface area contributed by atoms with Crippen LogP contribution in [-0.2, 0) is 23.7 Å². The van der Waals surface area contributed by atoms with E-state index in [-0.39, 0.29) is 18.3 Å². The first-order chi connectivity index (χ1) is 8.69. The molecule has 0 radical (unpaired) electrons. The van der Waals surface area contributed by atoms with Crippen LogP contribution >= 0.6 is 0 Å². The third-order valence-electron chi connectivity index (χ3n) is 3.67. The molecule has 0 bridgehead atoms. The van der Waals surface area contributed by atoms with Crippen LogP contribution in [-0.4, -0.2) is 53.5 Å². The highest BCUT2D eigenvalue weighted by atomic mass is 16.9. The molecule has 0 aromatic carbocycles. The topological polar surface area (TPSA) is 66.4 Å². The molecular formula is C13H22O6. The van der Waals surface area contributed by atoms with E-state index in [1.807, 2.05) is 27.7 Å². The Morgan fingerprint density at radius 3 is 2.00 bits per heavy atom. The van der Waals surface area contributed by atoms with Crippen molar-refractivity contribution in [3.8, 4) is 0 Å². The molecule has 3 fully saturated rings. The first kappa shape index (κ1) is 13.7. The zero-order valence-electron chi connectivity index (χ0n) is 12.0. The second-order valence-electron chi connectivity index (χ2n) is 6.37. The quantitative estimate of drug-likeness (QED) is 0.761. The Bertz CT molecular complexity index is 366. The molecule has 0 spiro atoms. The molecule has 0 aliphatic carbocycles. The zero-order chi connectivity index (χ0) is 14.0. The Kier molecular flexibility index (Phi) is 2.98. The SMILES string of the molecule is CC(O)[C@@H]1OC2OC(C)(C)O[C@H]2C2OC(C)(C)O[C@@H]21.